The molecule has 1 aliphatic carbocycles. The molecule has 2 heteroatoms. The molecule has 0 fully saturated rings. The lowest BCUT2D eigenvalue weighted by atomic mass is 9.93. The number of rotatable bonds is 2. The van der Waals surface area contributed by atoms with Crippen LogP contribution in [0.4, 0.5) is 0 Å². The first-order valence-corrected chi connectivity index (χ1v) is 13.6. The summed E-state index contributed by atoms with van der Waals surface area (Å²) in [6.45, 7) is 19.3. The molecule has 17 heavy (non-hydrogen) atoms. The molecular weight excluding hydrogens is 236 g/mol. The highest BCUT2D eigenvalue weighted by Crippen LogP contribution is 2.32. The maximum atomic E-state index is 2.50. The Labute approximate surface area is 110 Å². The lowest BCUT2D eigenvalue weighted by Gasteiger charge is -2.24. The molecular formula is C15H28Si2. The third kappa shape index (κ3) is 4.11. The molecule has 0 spiro atoms. The molecule has 0 N–H and O–H groups in total. The molecule has 0 unspecified atom stereocenters. The zero-order chi connectivity index (χ0) is 13.5. The summed E-state index contributed by atoms with van der Waals surface area (Å²) in [5, 5.41) is 3.21. The number of hydrogen-bond acceptors (Lipinski definition) is 0. The van der Waals surface area contributed by atoms with Crippen LogP contribution in [0, 0.1) is 5.41 Å². The highest BCUT2D eigenvalue weighted by Gasteiger charge is 2.27. The fraction of sp³-hybridized carbons (Fsp3) is 0.600. The van der Waals surface area contributed by atoms with Gasteiger partial charge in [0.1, 0.15) is 0 Å². The predicted molar refractivity (Wildman–Crippen MR) is 85.8 cm³/mol. The maximum Gasteiger partial charge on any atom is 0.0775 e. The zero-order valence-corrected chi connectivity index (χ0v) is 14.8. The Morgan fingerprint density at radius 2 is 1.29 bits per heavy atom. The number of hydrogen-bond donors (Lipinski definition) is 0. The maximum absolute atomic E-state index is 2.50. The fourth-order valence-electron chi connectivity index (χ4n) is 1.91. The van der Waals surface area contributed by atoms with Gasteiger partial charge in [-0.15, -0.1) is 0 Å². The van der Waals surface area contributed by atoms with Gasteiger partial charge in [-0.2, -0.15) is 0 Å². The van der Waals surface area contributed by atoms with Gasteiger partial charge in [-0.25, -0.2) is 0 Å². The largest absolute Gasteiger partial charge is 0.0775 e. The van der Waals surface area contributed by atoms with Crippen molar-refractivity contribution in [2.45, 2.75) is 53.1 Å². The van der Waals surface area contributed by atoms with E-state index in [0.29, 0.717) is 0 Å². The zero-order valence-electron chi connectivity index (χ0n) is 12.8. The Morgan fingerprint density at radius 1 is 0.824 bits per heavy atom. The molecule has 0 heterocycles. The summed E-state index contributed by atoms with van der Waals surface area (Å²) in [4.78, 5) is 0. The van der Waals surface area contributed by atoms with Crippen LogP contribution in [-0.2, 0) is 0 Å². The van der Waals surface area contributed by atoms with Gasteiger partial charge in [-0.1, -0.05) is 87.8 Å². The van der Waals surface area contributed by atoms with Crippen molar-refractivity contribution in [3.05, 3.63) is 34.7 Å². The van der Waals surface area contributed by atoms with Gasteiger partial charge in [0.2, 0.25) is 0 Å². The van der Waals surface area contributed by atoms with Crippen LogP contribution in [-0.4, -0.2) is 16.1 Å². The van der Waals surface area contributed by atoms with Gasteiger partial charge in [0.15, 0.2) is 0 Å². The second kappa shape index (κ2) is 4.40. The Balaban J connectivity index is 3.32. The second-order valence-corrected chi connectivity index (χ2v) is 18.0. The summed E-state index contributed by atoms with van der Waals surface area (Å²) in [6, 6.07) is 0. The molecule has 0 atom stereocenters. The molecule has 0 aromatic carbocycles. The first kappa shape index (κ1) is 14.7. The first-order chi connectivity index (χ1) is 7.42. The summed E-state index contributed by atoms with van der Waals surface area (Å²) in [5.74, 6) is 0. The van der Waals surface area contributed by atoms with Crippen LogP contribution >= 0.6 is 0 Å². The van der Waals surface area contributed by atoms with Crippen LogP contribution in [0.15, 0.2) is 34.7 Å². The van der Waals surface area contributed by atoms with Crippen LogP contribution in [0.5, 0.6) is 0 Å². The molecule has 0 aliphatic heterocycles. The Hall–Kier alpha value is -0.346. The van der Waals surface area contributed by atoms with E-state index >= 15 is 0 Å². The summed E-state index contributed by atoms with van der Waals surface area (Å²) >= 11 is 0. The summed E-state index contributed by atoms with van der Waals surface area (Å²) < 4.78 is 0. The predicted octanol–water partition coefficient (Wildman–Crippen LogP) is 5.19. The molecule has 0 bridgehead atoms. The van der Waals surface area contributed by atoms with Crippen molar-refractivity contribution in [2.24, 2.45) is 5.41 Å². The van der Waals surface area contributed by atoms with Crippen LogP contribution in [0.25, 0.3) is 0 Å². The van der Waals surface area contributed by atoms with E-state index in [0.717, 1.165) is 0 Å². The highest BCUT2D eigenvalue weighted by atomic mass is 28.3. The van der Waals surface area contributed by atoms with Crippen molar-refractivity contribution in [2.75, 3.05) is 0 Å². The van der Waals surface area contributed by atoms with E-state index in [2.05, 4.69) is 77.4 Å². The molecule has 96 valence electrons. The van der Waals surface area contributed by atoms with E-state index in [1.165, 1.54) is 0 Å². The van der Waals surface area contributed by atoms with Crippen molar-refractivity contribution in [1.29, 1.82) is 0 Å². The van der Waals surface area contributed by atoms with E-state index in [-0.39, 0.29) is 5.41 Å². The quantitative estimate of drug-likeness (QED) is 0.602. The molecule has 1 rings (SSSR count). The SMILES string of the molecule is CC1(C)C=CC([Si](C)(C)C)=CC([Si](C)(C)C)=C1. The molecule has 0 aromatic heterocycles. The van der Waals surface area contributed by atoms with Gasteiger partial charge in [0, 0.05) is 5.41 Å². The summed E-state index contributed by atoms with van der Waals surface area (Å²) in [6.07, 6.45) is 9.76. The fourth-order valence-corrected chi connectivity index (χ4v) is 4.62. The van der Waals surface area contributed by atoms with Gasteiger partial charge < -0.3 is 0 Å². The standard InChI is InChI=1S/C15H28Si2/c1-15(2)10-9-13(16(3,4)5)11-14(12-15)17(6,7)8/h9-12H,1-8H3. The van der Waals surface area contributed by atoms with E-state index in [4.69, 9.17) is 0 Å². The van der Waals surface area contributed by atoms with E-state index in [1.54, 1.807) is 10.4 Å². The molecule has 0 radical (unpaired) electrons. The van der Waals surface area contributed by atoms with Crippen molar-refractivity contribution in [1.82, 2.24) is 0 Å². The molecule has 0 amide bonds. The van der Waals surface area contributed by atoms with Gasteiger partial charge in [0.05, 0.1) is 16.1 Å². The van der Waals surface area contributed by atoms with Crippen molar-refractivity contribution in [3.8, 4) is 0 Å². The van der Waals surface area contributed by atoms with Crippen LogP contribution in [0.1, 0.15) is 13.8 Å². The molecule has 0 saturated heterocycles. The topological polar surface area (TPSA) is 0 Å². The lowest BCUT2D eigenvalue weighted by Crippen LogP contribution is -2.27. The minimum Gasteiger partial charge on any atom is -0.0758 e. The molecule has 1 aliphatic rings. The molecule has 0 aromatic rings. The van der Waals surface area contributed by atoms with Crippen LogP contribution < -0.4 is 0 Å². The minimum absolute atomic E-state index is 0.202. The Morgan fingerprint density at radius 3 is 1.71 bits per heavy atom. The van der Waals surface area contributed by atoms with E-state index in [9.17, 15) is 0 Å². The normalized spacial score (nSPS) is 20.7. The Kier molecular flexibility index (Phi) is 3.80. The van der Waals surface area contributed by atoms with Crippen molar-refractivity contribution >= 4 is 16.1 Å². The van der Waals surface area contributed by atoms with Crippen LogP contribution in [0.3, 0.4) is 0 Å². The second-order valence-electron chi connectivity index (χ2n) is 7.85. The van der Waals surface area contributed by atoms with Gasteiger partial charge in [0.25, 0.3) is 0 Å². The van der Waals surface area contributed by atoms with Gasteiger partial charge in [-0.05, 0) is 0 Å². The Bertz CT molecular complexity index is 382. The van der Waals surface area contributed by atoms with Gasteiger partial charge in [-0.3, -0.25) is 0 Å². The average Bonchev–Trinajstić information content (AvgIpc) is 2.20. The smallest absolute Gasteiger partial charge is 0.0758 e. The monoisotopic (exact) mass is 264 g/mol. The third-order valence-electron chi connectivity index (χ3n) is 3.26. The summed E-state index contributed by atoms with van der Waals surface area (Å²) in [7, 11) is -2.45. The van der Waals surface area contributed by atoms with Crippen LogP contribution in [0.2, 0.25) is 39.3 Å². The number of allylic oxidation sites excluding steroid dienone is 6. The van der Waals surface area contributed by atoms with Gasteiger partial charge >= 0.3 is 0 Å². The van der Waals surface area contributed by atoms with E-state index < -0.39 is 16.1 Å². The van der Waals surface area contributed by atoms with E-state index in [1.807, 2.05) is 0 Å². The highest BCUT2D eigenvalue weighted by molar-refractivity contribution is 6.86. The van der Waals surface area contributed by atoms with Crippen molar-refractivity contribution < 1.29 is 0 Å². The minimum atomic E-state index is -1.23. The third-order valence-corrected chi connectivity index (χ3v) is 7.33. The average molecular weight is 265 g/mol. The molecule has 0 saturated carbocycles. The first-order valence-electron chi connectivity index (χ1n) is 6.57. The molecule has 0 nitrogen and oxygen atoms in total. The lowest BCUT2D eigenvalue weighted by molar-refractivity contribution is 0.625. The van der Waals surface area contributed by atoms with Crippen molar-refractivity contribution in [3.63, 3.8) is 0 Å². The summed E-state index contributed by atoms with van der Waals surface area (Å²) in [5.41, 5.74) is 0.202.